The predicted octanol–water partition coefficient (Wildman–Crippen LogP) is 6.17. The molecular weight excluding hydrogens is 719 g/mol. The largest absolute Gasteiger partial charge is 0.479 e. The van der Waals surface area contributed by atoms with Gasteiger partial charge in [-0.3, -0.25) is 14.4 Å². The van der Waals surface area contributed by atoms with Crippen molar-refractivity contribution in [2.75, 3.05) is 0 Å². The van der Waals surface area contributed by atoms with Crippen LogP contribution in [0.4, 0.5) is 0 Å². The number of carbonyl (C=O) groups is 6. The van der Waals surface area contributed by atoms with Crippen molar-refractivity contribution in [3.63, 3.8) is 0 Å². The van der Waals surface area contributed by atoms with E-state index in [4.69, 9.17) is 49.0 Å². The first kappa shape index (κ1) is 39.8. The van der Waals surface area contributed by atoms with Crippen molar-refractivity contribution in [3.05, 3.63) is 89.5 Å². The molecule has 0 radical (unpaired) electrons. The molecule has 3 aromatic carbocycles. The van der Waals surface area contributed by atoms with Gasteiger partial charge in [-0.05, 0) is 94.8 Å². The van der Waals surface area contributed by atoms with Crippen LogP contribution in [0.15, 0.2) is 72.8 Å². The van der Waals surface area contributed by atoms with Crippen molar-refractivity contribution in [2.45, 2.75) is 69.2 Å². The summed E-state index contributed by atoms with van der Waals surface area (Å²) in [5.74, 6) is -3.12. The van der Waals surface area contributed by atoms with E-state index in [1.807, 2.05) is 6.92 Å². The van der Waals surface area contributed by atoms with Gasteiger partial charge < -0.3 is 29.5 Å². The molecule has 0 bridgehead atoms. The average molecular weight is 752 g/mol. The average Bonchev–Trinajstić information content (AvgIpc) is 3.06. The third-order valence-corrected chi connectivity index (χ3v) is 8.33. The van der Waals surface area contributed by atoms with Crippen molar-refractivity contribution < 1.29 is 58.3 Å². The Labute approximate surface area is 301 Å². The molecule has 0 saturated heterocycles. The van der Waals surface area contributed by atoms with E-state index in [0.717, 1.165) is 0 Å². The van der Waals surface area contributed by atoms with Crippen molar-refractivity contribution in [1.82, 2.24) is 0 Å². The summed E-state index contributed by atoms with van der Waals surface area (Å²) in [5.41, 5.74) is 1.20. The molecule has 3 unspecified atom stereocenters. The molecule has 50 heavy (non-hydrogen) atoms. The molecule has 0 saturated carbocycles. The number of aliphatic carboxylic acids is 3. The van der Waals surface area contributed by atoms with E-state index >= 15 is 0 Å². The Hall–Kier alpha value is -4.65. The van der Waals surface area contributed by atoms with Gasteiger partial charge in [-0.15, -0.1) is 0 Å². The minimum Gasteiger partial charge on any atom is -0.479 e. The second-order valence-electron chi connectivity index (χ2n) is 11.2. The monoisotopic (exact) mass is 750 g/mol. The van der Waals surface area contributed by atoms with Crippen molar-refractivity contribution >= 4 is 68.4 Å². The number of hydrogen-bond acceptors (Lipinski definition) is 9. The fraction of sp³-hybridized carbons (Fsp3) is 0.314. The maximum Gasteiger partial charge on any atom is 0.344 e. The Kier molecular flexibility index (Phi) is 14.6. The number of benzene rings is 3. The Balaban J connectivity index is 1.99. The van der Waals surface area contributed by atoms with Crippen LogP contribution in [0.2, 0.25) is 0 Å². The van der Waals surface area contributed by atoms with E-state index in [1.165, 1.54) is 0 Å². The lowest BCUT2D eigenvalue weighted by molar-refractivity contribution is -0.146. The molecule has 12 nitrogen and oxygen atoms in total. The molecule has 0 spiro atoms. The van der Waals surface area contributed by atoms with Gasteiger partial charge in [-0.2, -0.15) is 0 Å². The van der Waals surface area contributed by atoms with Crippen LogP contribution in [0.25, 0.3) is 0 Å². The van der Waals surface area contributed by atoms with Crippen LogP contribution in [0.3, 0.4) is 0 Å². The highest BCUT2D eigenvalue weighted by Gasteiger charge is 2.32. The van der Waals surface area contributed by atoms with Gasteiger partial charge in [0.2, 0.25) is 15.7 Å². The van der Waals surface area contributed by atoms with Gasteiger partial charge in [0.05, 0.1) is 0 Å². The van der Waals surface area contributed by atoms with Crippen LogP contribution in [0.1, 0.15) is 62.1 Å². The number of rotatable bonds is 21. The number of ether oxygens (including phenoxy) is 3. The van der Waals surface area contributed by atoms with Crippen LogP contribution in [0.5, 0.6) is 17.2 Å². The molecule has 0 heterocycles. The molecule has 3 aromatic rings. The first-order valence-electron chi connectivity index (χ1n) is 15.1. The molecule has 0 aromatic heterocycles. The summed E-state index contributed by atoms with van der Waals surface area (Å²) >= 11 is 16.1. The Morgan fingerprint density at radius 2 is 0.720 bits per heavy atom. The lowest BCUT2D eigenvalue weighted by Crippen LogP contribution is -2.28. The van der Waals surface area contributed by atoms with Gasteiger partial charge in [-0.25, -0.2) is 14.4 Å². The Morgan fingerprint density at radius 3 is 0.900 bits per heavy atom. The molecule has 3 rings (SSSR count). The molecule has 0 fully saturated rings. The zero-order chi connectivity index (χ0) is 37.0. The summed E-state index contributed by atoms with van der Waals surface area (Å²) in [6.45, 7) is 1.90. The maximum atomic E-state index is 11.7. The summed E-state index contributed by atoms with van der Waals surface area (Å²) in [5, 5.41) is 26.6. The molecule has 0 aliphatic heterocycles. The molecule has 0 aliphatic carbocycles. The van der Waals surface area contributed by atoms with Gasteiger partial charge in [0.15, 0.2) is 18.3 Å². The number of carboxylic acids is 3. The maximum absolute atomic E-state index is 11.7. The normalized spacial score (nSPS) is 13.9. The van der Waals surface area contributed by atoms with Crippen molar-refractivity contribution in [2.24, 2.45) is 0 Å². The van der Waals surface area contributed by atoms with Gasteiger partial charge in [0, 0.05) is 43.9 Å². The minimum atomic E-state index is -1.32. The predicted molar refractivity (Wildman–Crippen MR) is 181 cm³/mol. The topological polar surface area (TPSA) is 191 Å². The molecule has 3 atom stereocenters. The zero-order valence-electron chi connectivity index (χ0n) is 26.6. The molecule has 0 amide bonds. The first-order chi connectivity index (χ1) is 23.6. The van der Waals surface area contributed by atoms with E-state index in [-0.39, 0.29) is 55.8 Å². The fourth-order valence-electron chi connectivity index (χ4n) is 5.03. The fourth-order valence-corrected chi connectivity index (χ4v) is 5.35. The SMILES string of the molecule is CC(c1ccc(OC(CCC(=O)Cl)C(=O)O)cc1)(c1ccc(OC(CCC(=O)Cl)C(=O)O)cc1)c1ccc(OC(CCC(=O)Cl)C(=O)O)cc1. The Bertz CT molecular complexity index is 1480. The van der Waals surface area contributed by atoms with Crippen LogP contribution in [-0.2, 0) is 34.2 Å². The first-order valence-corrected chi connectivity index (χ1v) is 16.3. The second-order valence-corrected chi connectivity index (χ2v) is 12.5. The van der Waals surface area contributed by atoms with E-state index in [9.17, 15) is 44.1 Å². The van der Waals surface area contributed by atoms with E-state index in [0.29, 0.717) is 16.7 Å². The van der Waals surface area contributed by atoms with Crippen LogP contribution < -0.4 is 14.2 Å². The number of hydrogen-bond donors (Lipinski definition) is 3. The summed E-state index contributed by atoms with van der Waals surface area (Å²) < 4.78 is 16.9. The lowest BCUT2D eigenvalue weighted by atomic mass is 9.71. The third kappa shape index (κ3) is 11.5. The second kappa shape index (κ2) is 18.4. The molecular formula is C35H33Cl3O12. The highest BCUT2D eigenvalue weighted by atomic mass is 35.5. The van der Waals surface area contributed by atoms with E-state index < -0.39 is 57.4 Å². The van der Waals surface area contributed by atoms with Gasteiger partial charge >= 0.3 is 17.9 Å². The molecule has 15 heteroatoms. The Morgan fingerprint density at radius 1 is 0.500 bits per heavy atom. The van der Waals surface area contributed by atoms with Crippen molar-refractivity contribution in [3.8, 4) is 17.2 Å². The van der Waals surface area contributed by atoms with Gasteiger partial charge in [0.1, 0.15) is 17.2 Å². The standard InChI is InChI=1S/C35H33Cl3O12/c1-35(20-2-8-23(9-3-20)48-26(32(42)43)14-17-29(36)39,21-4-10-24(11-5-21)49-27(33(44)45)15-18-30(37)40)22-6-12-25(13-7-22)50-28(34(46)47)16-19-31(38)41/h2-13,26-28H,14-19H2,1H3,(H,42,43)(H,44,45)(H,46,47). The lowest BCUT2D eigenvalue weighted by Gasteiger charge is -2.32. The summed E-state index contributed by atoms with van der Waals surface area (Å²) in [6, 6.07) is 19.8. The molecule has 266 valence electrons. The minimum absolute atomic E-state index is 0.129. The van der Waals surface area contributed by atoms with E-state index in [1.54, 1.807) is 72.8 Å². The molecule has 0 aliphatic rings. The highest BCUT2D eigenvalue weighted by Crippen LogP contribution is 2.41. The zero-order valence-corrected chi connectivity index (χ0v) is 28.8. The van der Waals surface area contributed by atoms with Gasteiger partial charge in [0.25, 0.3) is 0 Å². The number of carboxylic acid groups (broad SMARTS) is 3. The van der Waals surface area contributed by atoms with Crippen LogP contribution in [0, 0.1) is 0 Å². The molecule has 3 N–H and O–H groups in total. The quantitative estimate of drug-likeness (QED) is 0.0830. The van der Waals surface area contributed by atoms with Crippen molar-refractivity contribution in [1.29, 1.82) is 0 Å². The number of halogens is 3. The summed E-state index contributed by atoms with van der Waals surface area (Å²) in [4.78, 5) is 68.6. The van der Waals surface area contributed by atoms with Crippen LogP contribution >= 0.6 is 34.8 Å². The summed E-state index contributed by atoms with van der Waals surface area (Å²) in [6.07, 6.45) is -4.90. The van der Waals surface area contributed by atoms with E-state index in [2.05, 4.69) is 0 Å². The number of carbonyl (C=O) groups excluding carboxylic acids is 3. The van der Waals surface area contributed by atoms with Crippen LogP contribution in [-0.4, -0.2) is 67.3 Å². The summed E-state index contributed by atoms with van der Waals surface area (Å²) in [7, 11) is 0. The third-order valence-electron chi connectivity index (χ3n) is 7.77. The highest BCUT2D eigenvalue weighted by molar-refractivity contribution is 6.64. The smallest absolute Gasteiger partial charge is 0.344 e. The van der Waals surface area contributed by atoms with Gasteiger partial charge in [-0.1, -0.05) is 36.4 Å².